The molecule has 0 amide bonds. The number of ketones is 1. The Bertz CT molecular complexity index is 383. The molecule has 0 radical (unpaired) electrons. The molecule has 7 heteroatoms. The average Bonchev–Trinajstić information content (AvgIpc) is 2.62. The minimum Gasteiger partial charge on any atom is -0.425 e. The summed E-state index contributed by atoms with van der Waals surface area (Å²) in [5.41, 5.74) is 0. The predicted octanol–water partition coefficient (Wildman–Crippen LogP) is -0.0599. The first-order chi connectivity index (χ1) is 8.58. The minimum atomic E-state index is -0.719. The van der Waals surface area contributed by atoms with Gasteiger partial charge in [0.25, 0.3) is 0 Å². The van der Waals surface area contributed by atoms with E-state index in [1.807, 2.05) is 0 Å². The number of carbonyl (C=O) groups excluding carboxylic acids is 3. The van der Waals surface area contributed by atoms with Crippen molar-refractivity contribution in [1.82, 2.24) is 0 Å². The Morgan fingerprint density at radius 2 is 1.56 bits per heavy atom. The molecule has 0 bridgehead atoms. The standard InChI is InChI=1S/C11H14O7/c1-15-5-9(13)17-8-4-3-7(12)11(8)18-10(14)6-16-2/h3-6H2,1-2H3. The summed E-state index contributed by atoms with van der Waals surface area (Å²) in [4.78, 5) is 33.9. The largest absolute Gasteiger partial charge is 0.425 e. The molecular formula is C11H14O7. The van der Waals surface area contributed by atoms with Crippen molar-refractivity contribution in [3.05, 3.63) is 11.5 Å². The number of esters is 2. The molecule has 0 aromatic carbocycles. The summed E-state index contributed by atoms with van der Waals surface area (Å²) < 4.78 is 18.8. The lowest BCUT2D eigenvalue weighted by Gasteiger charge is -2.07. The second-order valence-corrected chi connectivity index (χ2v) is 3.49. The van der Waals surface area contributed by atoms with Crippen LogP contribution in [0.4, 0.5) is 0 Å². The Morgan fingerprint density at radius 3 is 2.11 bits per heavy atom. The normalized spacial score (nSPS) is 14.9. The molecule has 0 aromatic heterocycles. The van der Waals surface area contributed by atoms with Gasteiger partial charge in [0.1, 0.15) is 13.2 Å². The number of Topliss-reactive ketones (excluding diaryl/α,β-unsaturated/α-hetero) is 1. The molecule has 1 aliphatic rings. The molecule has 1 rings (SSSR count). The lowest BCUT2D eigenvalue weighted by atomic mass is 10.3. The number of hydrogen-bond donors (Lipinski definition) is 0. The number of rotatable bonds is 6. The molecule has 0 fully saturated rings. The van der Waals surface area contributed by atoms with Crippen LogP contribution >= 0.6 is 0 Å². The van der Waals surface area contributed by atoms with Crippen LogP contribution in [0.1, 0.15) is 12.8 Å². The second kappa shape index (κ2) is 6.87. The van der Waals surface area contributed by atoms with E-state index in [9.17, 15) is 14.4 Å². The molecule has 100 valence electrons. The van der Waals surface area contributed by atoms with Crippen molar-refractivity contribution in [2.45, 2.75) is 12.8 Å². The Balaban J connectivity index is 2.70. The Kier molecular flexibility index (Phi) is 5.47. The zero-order valence-electron chi connectivity index (χ0n) is 10.2. The van der Waals surface area contributed by atoms with Crippen LogP contribution < -0.4 is 0 Å². The maximum atomic E-state index is 11.5. The summed E-state index contributed by atoms with van der Waals surface area (Å²) in [5.74, 6) is -1.90. The highest BCUT2D eigenvalue weighted by Crippen LogP contribution is 2.25. The first-order valence-corrected chi connectivity index (χ1v) is 5.24. The van der Waals surface area contributed by atoms with Crippen LogP contribution in [0.25, 0.3) is 0 Å². The Labute approximate surface area is 104 Å². The number of allylic oxidation sites excluding steroid dienone is 2. The van der Waals surface area contributed by atoms with Gasteiger partial charge < -0.3 is 18.9 Å². The first kappa shape index (κ1) is 14.3. The molecule has 0 aromatic rings. The van der Waals surface area contributed by atoms with E-state index in [4.69, 9.17) is 9.47 Å². The van der Waals surface area contributed by atoms with E-state index in [-0.39, 0.29) is 43.4 Å². The summed E-state index contributed by atoms with van der Waals surface area (Å²) in [6.07, 6.45) is 0.370. The minimum absolute atomic E-state index is 0.0616. The van der Waals surface area contributed by atoms with Crippen molar-refractivity contribution in [1.29, 1.82) is 0 Å². The highest BCUT2D eigenvalue weighted by Gasteiger charge is 2.29. The maximum Gasteiger partial charge on any atom is 0.337 e. The highest BCUT2D eigenvalue weighted by atomic mass is 16.6. The van der Waals surface area contributed by atoms with E-state index in [1.54, 1.807) is 0 Å². The van der Waals surface area contributed by atoms with E-state index >= 15 is 0 Å². The Hall–Kier alpha value is -1.73. The van der Waals surface area contributed by atoms with E-state index in [0.29, 0.717) is 0 Å². The van der Waals surface area contributed by atoms with Crippen LogP contribution in [0.15, 0.2) is 11.5 Å². The van der Waals surface area contributed by atoms with Crippen LogP contribution in [0, 0.1) is 0 Å². The van der Waals surface area contributed by atoms with Crippen LogP contribution in [-0.2, 0) is 33.3 Å². The van der Waals surface area contributed by atoms with Gasteiger partial charge in [0.2, 0.25) is 11.5 Å². The van der Waals surface area contributed by atoms with Gasteiger partial charge in [-0.1, -0.05) is 0 Å². The lowest BCUT2D eigenvalue weighted by molar-refractivity contribution is -0.148. The zero-order chi connectivity index (χ0) is 13.5. The van der Waals surface area contributed by atoms with Crippen LogP contribution in [0.3, 0.4) is 0 Å². The molecular weight excluding hydrogens is 244 g/mol. The number of methoxy groups -OCH3 is 2. The third kappa shape index (κ3) is 3.94. The molecule has 0 spiro atoms. The number of ether oxygens (including phenoxy) is 4. The molecule has 7 nitrogen and oxygen atoms in total. The maximum absolute atomic E-state index is 11.5. The van der Waals surface area contributed by atoms with Gasteiger partial charge in [-0.15, -0.1) is 0 Å². The smallest absolute Gasteiger partial charge is 0.337 e. The van der Waals surface area contributed by atoms with Gasteiger partial charge in [0.05, 0.1) is 0 Å². The van der Waals surface area contributed by atoms with Crippen molar-refractivity contribution < 1.29 is 33.3 Å². The molecule has 0 atom stereocenters. The van der Waals surface area contributed by atoms with Crippen LogP contribution in [0.5, 0.6) is 0 Å². The fourth-order valence-electron chi connectivity index (χ4n) is 1.37. The molecule has 18 heavy (non-hydrogen) atoms. The summed E-state index contributed by atoms with van der Waals surface area (Å²) in [5, 5.41) is 0. The van der Waals surface area contributed by atoms with Gasteiger partial charge >= 0.3 is 11.9 Å². The molecule has 0 saturated heterocycles. The van der Waals surface area contributed by atoms with Crippen LogP contribution in [-0.4, -0.2) is 45.2 Å². The third-order valence-electron chi connectivity index (χ3n) is 2.06. The quantitative estimate of drug-likeness (QED) is 0.616. The monoisotopic (exact) mass is 258 g/mol. The van der Waals surface area contributed by atoms with Gasteiger partial charge in [-0.2, -0.15) is 0 Å². The van der Waals surface area contributed by atoms with Crippen molar-refractivity contribution in [3.63, 3.8) is 0 Å². The average molecular weight is 258 g/mol. The lowest BCUT2D eigenvalue weighted by Crippen LogP contribution is -2.16. The fourth-order valence-corrected chi connectivity index (χ4v) is 1.37. The Morgan fingerprint density at radius 1 is 1.00 bits per heavy atom. The van der Waals surface area contributed by atoms with Gasteiger partial charge in [-0.05, 0) is 0 Å². The molecule has 0 unspecified atom stereocenters. The summed E-state index contributed by atoms with van der Waals surface area (Å²) in [7, 11) is 2.67. The van der Waals surface area contributed by atoms with Crippen LogP contribution in [0.2, 0.25) is 0 Å². The number of carbonyl (C=O) groups is 3. The van der Waals surface area contributed by atoms with Crippen molar-refractivity contribution in [3.8, 4) is 0 Å². The SMILES string of the molecule is COCC(=O)OC1=C(OC(=O)COC)C(=O)CC1. The van der Waals surface area contributed by atoms with E-state index in [0.717, 1.165) is 0 Å². The molecule has 1 aliphatic carbocycles. The first-order valence-electron chi connectivity index (χ1n) is 5.24. The molecule has 0 saturated carbocycles. The van der Waals surface area contributed by atoms with Gasteiger partial charge in [0.15, 0.2) is 5.76 Å². The van der Waals surface area contributed by atoms with Crippen molar-refractivity contribution in [2.75, 3.05) is 27.4 Å². The molecule has 0 aliphatic heterocycles. The molecule has 0 heterocycles. The summed E-state index contributed by atoms with van der Waals surface area (Å²) >= 11 is 0. The third-order valence-corrected chi connectivity index (χ3v) is 2.06. The predicted molar refractivity (Wildman–Crippen MR) is 57.2 cm³/mol. The zero-order valence-corrected chi connectivity index (χ0v) is 10.2. The van der Waals surface area contributed by atoms with E-state index in [1.165, 1.54) is 14.2 Å². The van der Waals surface area contributed by atoms with Gasteiger partial charge in [-0.25, -0.2) is 9.59 Å². The fraction of sp³-hybridized carbons (Fsp3) is 0.545. The number of hydrogen-bond acceptors (Lipinski definition) is 7. The topological polar surface area (TPSA) is 88.1 Å². The van der Waals surface area contributed by atoms with Gasteiger partial charge in [0, 0.05) is 27.1 Å². The van der Waals surface area contributed by atoms with Crippen molar-refractivity contribution in [2.24, 2.45) is 0 Å². The van der Waals surface area contributed by atoms with E-state index in [2.05, 4.69) is 9.47 Å². The van der Waals surface area contributed by atoms with E-state index < -0.39 is 11.9 Å². The summed E-state index contributed by atoms with van der Waals surface area (Å²) in [6, 6.07) is 0. The highest BCUT2D eigenvalue weighted by molar-refractivity contribution is 5.98. The second-order valence-electron chi connectivity index (χ2n) is 3.49. The van der Waals surface area contributed by atoms with Gasteiger partial charge in [-0.3, -0.25) is 4.79 Å². The van der Waals surface area contributed by atoms with Crippen molar-refractivity contribution >= 4 is 17.7 Å². The summed E-state index contributed by atoms with van der Waals surface area (Å²) in [6.45, 7) is -0.521. The molecule has 0 N–H and O–H groups in total.